The van der Waals surface area contributed by atoms with E-state index in [1.54, 1.807) is 24.3 Å². The minimum absolute atomic E-state index is 0.168. The molecular formula is C26H28N2O7. The van der Waals surface area contributed by atoms with E-state index in [1.165, 1.54) is 37.3 Å². The molecule has 2 aliphatic heterocycles. The van der Waals surface area contributed by atoms with Crippen molar-refractivity contribution in [2.24, 2.45) is 0 Å². The lowest BCUT2D eigenvalue weighted by Gasteiger charge is -2.30. The fraction of sp³-hybridized carbons (Fsp3) is 0.385. The van der Waals surface area contributed by atoms with E-state index in [0.29, 0.717) is 22.7 Å². The van der Waals surface area contributed by atoms with Gasteiger partial charge in [-0.15, -0.1) is 0 Å². The van der Waals surface area contributed by atoms with Crippen molar-refractivity contribution in [1.82, 2.24) is 4.90 Å². The number of Topliss-reactive ketones (excluding diaryl/α,β-unsaturated/α-hetero) is 1. The van der Waals surface area contributed by atoms with Crippen LogP contribution in [0.4, 0.5) is 5.69 Å². The number of carbonyl (C=O) groups excluding carboxylic acids is 4. The van der Waals surface area contributed by atoms with Gasteiger partial charge in [-0.2, -0.15) is 0 Å². The van der Waals surface area contributed by atoms with Crippen LogP contribution in [0.5, 0.6) is 11.5 Å². The first-order chi connectivity index (χ1) is 16.9. The SMILES string of the molecule is COc1ccc(C(=O)COC(=O)c2ccc(N3C(=O)CC(N4CCCCC4)C3=O)cc2)cc1OC. The van der Waals surface area contributed by atoms with Gasteiger partial charge in [-0.25, -0.2) is 9.69 Å². The maximum absolute atomic E-state index is 13.0. The quantitative estimate of drug-likeness (QED) is 0.323. The third-order valence-electron chi connectivity index (χ3n) is 6.36. The van der Waals surface area contributed by atoms with E-state index in [0.717, 1.165) is 32.4 Å². The Hall–Kier alpha value is -3.72. The lowest BCUT2D eigenvalue weighted by atomic mass is 10.1. The molecule has 2 fully saturated rings. The lowest BCUT2D eigenvalue weighted by Crippen LogP contribution is -2.44. The minimum Gasteiger partial charge on any atom is -0.493 e. The number of likely N-dealkylation sites (tertiary alicyclic amines) is 1. The van der Waals surface area contributed by atoms with Gasteiger partial charge in [0.25, 0.3) is 5.91 Å². The predicted molar refractivity (Wildman–Crippen MR) is 127 cm³/mol. The molecule has 2 heterocycles. The number of ether oxygens (including phenoxy) is 3. The highest BCUT2D eigenvalue weighted by Gasteiger charge is 2.42. The monoisotopic (exact) mass is 480 g/mol. The smallest absolute Gasteiger partial charge is 0.338 e. The number of imide groups is 1. The third kappa shape index (κ3) is 5.19. The number of piperidine rings is 1. The zero-order valence-electron chi connectivity index (χ0n) is 19.8. The number of hydrogen-bond donors (Lipinski definition) is 0. The van der Waals surface area contributed by atoms with Gasteiger partial charge in [0.2, 0.25) is 5.91 Å². The summed E-state index contributed by atoms with van der Waals surface area (Å²) in [5.74, 6) is -0.676. The zero-order valence-corrected chi connectivity index (χ0v) is 19.8. The number of methoxy groups -OCH3 is 2. The number of ketones is 1. The topological polar surface area (TPSA) is 102 Å². The first-order valence-electron chi connectivity index (χ1n) is 11.6. The van der Waals surface area contributed by atoms with Crippen molar-refractivity contribution < 1.29 is 33.4 Å². The van der Waals surface area contributed by atoms with Crippen molar-refractivity contribution in [2.45, 2.75) is 31.7 Å². The summed E-state index contributed by atoms with van der Waals surface area (Å²) in [6.45, 7) is 1.20. The molecule has 0 aromatic heterocycles. The van der Waals surface area contributed by atoms with Crippen molar-refractivity contribution in [3.63, 3.8) is 0 Å². The Bertz CT molecular complexity index is 1120. The normalized spacial score (nSPS) is 18.5. The molecular weight excluding hydrogens is 452 g/mol. The van der Waals surface area contributed by atoms with Gasteiger partial charge in [-0.05, 0) is 68.4 Å². The fourth-order valence-corrected chi connectivity index (χ4v) is 4.46. The van der Waals surface area contributed by atoms with Gasteiger partial charge in [0.1, 0.15) is 0 Å². The van der Waals surface area contributed by atoms with Crippen LogP contribution in [0, 0.1) is 0 Å². The Labute approximate surface area is 203 Å². The molecule has 9 heteroatoms. The number of esters is 1. The molecule has 2 saturated heterocycles. The Balaban J connectivity index is 1.37. The third-order valence-corrected chi connectivity index (χ3v) is 6.36. The average Bonchev–Trinajstić information content (AvgIpc) is 3.20. The standard InChI is InChI=1S/C26H28N2O7/c1-33-22-11-8-18(14-23(22)34-2)21(29)16-35-26(32)17-6-9-19(10-7-17)28-24(30)15-20(25(28)31)27-12-4-3-5-13-27/h6-11,14,20H,3-5,12-13,15-16H2,1-2H3. The predicted octanol–water partition coefficient (Wildman–Crippen LogP) is 2.86. The Morgan fingerprint density at radius 3 is 2.20 bits per heavy atom. The summed E-state index contributed by atoms with van der Waals surface area (Å²) in [4.78, 5) is 53.7. The van der Waals surface area contributed by atoms with Crippen LogP contribution in [0.1, 0.15) is 46.4 Å². The second kappa shape index (κ2) is 10.7. The second-order valence-corrected chi connectivity index (χ2v) is 8.50. The Morgan fingerprint density at radius 1 is 0.886 bits per heavy atom. The Morgan fingerprint density at radius 2 is 1.54 bits per heavy atom. The number of hydrogen-bond acceptors (Lipinski definition) is 8. The van der Waals surface area contributed by atoms with E-state index in [4.69, 9.17) is 14.2 Å². The molecule has 4 rings (SSSR count). The summed E-state index contributed by atoms with van der Waals surface area (Å²) in [5, 5.41) is 0. The maximum Gasteiger partial charge on any atom is 0.338 e. The molecule has 0 N–H and O–H groups in total. The molecule has 0 bridgehead atoms. The van der Waals surface area contributed by atoms with Crippen molar-refractivity contribution in [3.05, 3.63) is 53.6 Å². The highest BCUT2D eigenvalue weighted by Crippen LogP contribution is 2.29. The Kier molecular flexibility index (Phi) is 7.45. The van der Waals surface area contributed by atoms with Gasteiger partial charge in [-0.1, -0.05) is 6.42 Å². The van der Waals surface area contributed by atoms with Gasteiger partial charge < -0.3 is 14.2 Å². The van der Waals surface area contributed by atoms with Crippen LogP contribution in [0.15, 0.2) is 42.5 Å². The number of anilines is 1. The van der Waals surface area contributed by atoms with Gasteiger partial charge in [0.15, 0.2) is 23.9 Å². The minimum atomic E-state index is -0.685. The molecule has 2 amide bonds. The van der Waals surface area contributed by atoms with E-state index in [9.17, 15) is 19.2 Å². The molecule has 2 aromatic rings. The van der Waals surface area contributed by atoms with E-state index in [2.05, 4.69) is 4.90 Å². The van der Waals surface area contributed by atoms with Crippen LogP contribution < -0.4 is 14.4 Å². The van der Waals surface area contributed by atoms with Crippen LogP contribution in [0.3, 0.4) is 0 Å². The summed E-state index contributed by atoms with van der Waals surface area (Å²) < 4.78 is 15.5. The van der Waals surface area contributed by atoms with Crippen LogP contribution in [-0.2, 0) is 14.3 Å². The molecule has 1 atom stereocenters. The maximum atomic E-state index is 13.0. The molecule has 2 aliphatic rings. The van der Waals surface area contributed by atoms with Crippen LogP contribution in [0.2, 0.25) is 0 Å². The number of rotatable bonds is 8. The van der Waals surface area contributed by atoms with Gasteiger partial charge >= 0.3 is 5.97 Å². The fourth-order valence-electron chi connectivity index (χ4n) is 4.46. The molecule has 0 aliphatic carbocycles. The number of benzene rings is 2. The van der Waals surface area contributed by atoms with Gasteiger partial charge in [0, 0.05) is 5.56 Å². The van der Waals surface area contributed by atoms with Crippen LogP contribution in [0.25, 0.3) is 0 Å². The molecule has 184 valence electrons. The van der Waals surface area contributed by atoms with E-state index in [-0.39, 0.29) is 23.8 Å². The largest absolute Gasteiger partial charge is 0.493 e. The molecule has 1 unspecified atom stereocenters. The summed E-state index contributed by atoms with van der Waals surface area (Å²) in [6, 6.07) is 10.3. The second-order valence-electron chi connectivity index (χ2n) is 8.50. The highest BCUT2D eigenvalue weighted by molar-refractivity contribution is 6.22. The summed E-state index contributed by atoms with van der Waals surface area (Å²) in [7, 11) is 2.96. The number of amides is 2. The first-order valence-corrected chi connectivity index (χ1v) is 11.6. The van der Waals surface area contributed by atoms with Crippen LogP contribution >= 0.6 is 0 Å². The lowest BCUT2D eigenvalue weighted by molar-refractivity contribution is -0.123. The molecule has 0 saturated carbocycles. The molecule has 2 aromatic carbocycles. The summed E-state index contributed by atoms with van der Waals surface area (Å²) in [6.07, 6.45) is 3.37. The van der Waals surface area contributed by atoms with Crippen molar-refractivity contribution in [3.8, 4) is 11.5 Å². The molecule has 0 spiro atoms. The molecule has 9 nitrogen and oxygen atoms in total. The van der Waals surface area contributed by atoms with Gasteiger partial charge in [-0.3, -0.25) is 19.3 Å². The highest BCUT2D eigenvalue weighted by atomic mass is 16.5. The summed E-state index contributed by atoms with van der Waals surface area (Å²) in [5.41, 5.74) is 0.943. The molecule has 0 radical (unpaired) electrons. The van der Waals surface area contributed by atoms with E-state index in [1.807, 2.05) is 0 Å². The van der Waals surface area contributed by atoms with Crippen LogP contribution in [-0.4, -0.2) is 68.4 Å². The van der Waals surface area contributed by atoms with Crippen molar-refractivity contribution >= 4 is 29.3 Å². The molecule has 35 heavy (non-hydrogen) atoms. The number of carbonyl (C=O) groups is 4. The van der Waals surface area contributed by atoms with Gasteiger partial charge in [0.05, 0.1) is 37.9 Å². The first kappa shape index (κ1) is 24.4. The number of nitrogens with zero attached hydrogens (tertiary/aromatic N) is 2. The average molecular weight is 481 g/mol. The zero-order chi connectivity index (χ0) is 24.9. The van der Waals surface area contributed by atoms with E-state index >= 15 is 0 Å². The van der Waals surface area contributed by atoms with Crippen molar-refractivity contribution in [2.75, 3.05) is 38.8 Å². The summed E-state index contributed by atoms with van der Waals surface area (Å²) >= 11 is 0. The van der Waals surface area contributed by atoms with Crippen molar-refractivity contribution in [1.29, 1.82) is 0 Å². The van der Waals surface area contributed by atoms with E-state index < -0.39 is 24.4 Å².